The van der Waals surface area contributed by atoms with Crippen molar-refractivity contribution < 1.29 is 14.3 Å². The van der Waals surface area contributed by atoms with Crippen LogP contribution in [-0.2, 0) is 0 Å². The van der Waals surface area contributed by atoms with Crippen molar-refractivity contribution in [1.82, 2.24) is 0 Å². The average molecular weight is 300 g/mol. The molecule has 1 heterocycles. The highest BCUT2D eigenvalue weighted by Crippen LogP contribution is 2.47. The molecule has 21 heavy (non-hydrogen) atoms. The fraction of sp³-hybridized carbons (Fsp3) is 0.235. The molecule has 1 unspecified atom stereocenters. The Hall–Kier alpha value is -1.94. The van der Waals surface area contributed by atoms with Gasteiger partial charge in [0.05, 0.1) is 14.2 Å². The molecule has 4 heteroatoms. The van der Waals surface area contributed by atoms with Gasteiger partial charge in [0, 0.05) is 22.1 Å². The zero-order valence-corrected chi connectivity index (χ0v) is 12.8. The highest BCUT2D eigenvalue weighted by molar-refractivity contribution is 7.99. The van der Waals surface area contributed by atoms with E-state index in [4.69, 9.17) is 9.47 Å². The molecule has 2 aromatic rings. The van der Waals surface area contributed by atoms with Gasteiger partial charge >= 0.3 is 0 Å². The van der Waals surface area contributed by atoms with Gasteiger partial charge < -0.3 is 9.47 Å². The van der Waals surface area contributed by atoms with Crippen LogP contribution in [0.4, 0.5) is 0 Å². The summed E-state index contributed by atoms with van der Waals surface area (Å²) in [5.41, 5.74) is 1.90. The van der Waals surface area contributed by atoms with Gasteiger partial charge in [-0.15, -0.1) is 11.8 Å². The molecule has 108 valence electrons. The zero-order valence-electron chi connectivity index (χ0n) is 12.0. The molecule has 1 aliphatic rings. The SMILES string of the molecule is COc1cc2c(cc1OC)C(=O)CC(c1ccccc1)S2. The molecular formula is C17H16O3S. The topological polar surface area (TPSA) is 35.5 Å². The van der Waals surface area contributed by atoms with Gasteiger partial charge in [-0.1, -0.05) is 30.3 Å². The average Bonchev–Trinajstić information content (AvgIpc) is 2.54. The largest absolute Gasteiger partial charge is 0.493 e. The van der Waals surface area contributed by atoms with Crippen molar-refractivity contribution >= 4 is 17.5 Å². The first-order valence-corrected chi connectivity index (χ1v) is 7.61. The van der Waals surface area contributed by atoms with Gasteiger partial charge in [0.2, 0.25) is 0 Å². The van der Waals surface area contributed by atoms with E-state index in [0.717, 1.165) is 10.5 Å². The third kappa shape index (κ3) is 2.63. The van der Waals surface area contributed by atoms with Crippen molar-refractivity contribution in [3.05, 3.63) is 53.6 Å². The second kappa shape index (κ2) is 5.82. The Morgan fingerprint density at radius 1 is 1.05 bits per heavy atom. The summed E-state index contributed by atoms with van der Waals surface area (Å²) in [5.74, 6) is 1.41. The lowest BCUT2D eigenvalue weighted by molar-refractivity contribution is 0.0976. The molecular weight excluding hydrogens is 284 g/mol. The summed E-state index contributed by atoms with van der Waals surface area (Å²) in [5, 5.41) is 0.157. The van der Waals surface area contributed by atoms with Gasteiger partial charge in [-0.2, -0.15) is 0 Å². The molecule has 0 fully saturated rings. The number of Topliss-reactive ketones (excluding diaryl/α,β-unsaturated/α-hetero) is 1. The Bertz CT molecular complexity index is 667. The molecule has 0 aliphatic carbocycles. The summed E-state index contributed by atoms with van der Waals surface area (Å²) in [7, 11) is 3.19. The number of rotatable bonds is 3. The fourth-order valence-corrected chi connectivity index (χ4v) is 3.81. The molecule has 3 nitrogen and oxygen atoms in total. The van der Waals surface area contributed by atoms with Crippen LogP contribution in [0.2, 0.25) is 0 Å². The summed E-state index contributed by atoms with van der Waals surface area (Å²) in [4.78, 5) is 13.4. The zero-order chi connectivity index (χ0) is 14.8. The summed E-state index contributed by atoms with van der Waals surface area (Å²) in [6.07, 6.45) is 0.511. The van der Waals surface area contributed by atoms with Crippen LogP contribution in [0, 0.1) is 0 Å². The van der Waals surface area contributed by atoms with Gasteiger partial charge in [0.25, 0.3) is 0 Å². The Morgan fingerprint density at radius 3 is 2.38 bits per heavy atom. The number of ether oxygens (including phenoxy) is 2. The lowest BCUT2D eigenvalue weighted by Gasteiger charge is -2.24. The molecule has 1 atom stereocenters. The van der Waals surface area contributed by atoms with Crippen LogP contribution in [0.3, 0.4) is 0 Å². The van der Waals surface area contributed by atoms with Crippen LogP contribution in [0.1, 0.15) is 27.6 Å². The van der Waals surface area contributed by atoms with E-state index in [1.165, 1.54) is 5.56 Å². The number of methoxy groups -OCH3 is 2. The lowest BCUT2D eigenvalue weighted by atomic mass is 10.0. The lowest BCUT2D eigenvalue weighted by Crippen LogP contribution is -2.12. The van der Waals surface area contributed by atoms with Crippen LogP contribution < -0.4 is 9.47 Å². The van der Waals surface area contributed by atoms with Gasteiger partial charge in [0.1, 0.15) is 0 Å². The van der Waals surface area contributed by atoms with Gasteiger partial charge in [0.15, 0.2) is 17.3 Å². The minimum absolute atomic E-state index is 0.151. The molecule has 0 N–H and O–H groups in total. The second-order valence-corrected chi connectivity index (χ2v) is 6.09. The Morgan fingerprint density at radius 2 is 1.71 bits per heavy atom. The second-order valence-electron chi connectivity index (χ2n) is 4.85. The Balaban J connectivity index is 2.00. The third-order valence-electron chi connectivity index (χ3n) is 3.60. The maximum Gasteiger partial charge on any atom is 0.165 e. The molecule has 3 rings (SSSR count). The van der Waals surface area contributed by atoms with Crippen molar-refractivity contribution in [3.8, 4) is 11.5 Å². The first-order chi connectivity index (χ1) is 10.2. The highest BCUT2D eigenvalue weighted by atomic mass is 32.2. The van der Waals surface area contributed by atoms with E-state index in [0.29, 0.717) is 17.9 Å². The number of benzene rings is 2. The number of carbonyl (C=O) groups is 1. The standard InChI is InChI=1S/C17H16O3S/c1-19-14-8-12-13(18)9-16(11-6-4-3-5-7-11)21-17(12)10-15(14)20-2/h3-8,10,16H,9H2,1-2H3. The molecule has 0 saturated heterocycles. The van der Waals surface area contributed by atoms with Crippen LogP contribution in [0.25, 0.3) is 0 Å². The monoisotopic (exact) mass is 300 g/mol. The number of ketones is 1. The predicted octanol–water partition coefficient (Wildman–Crippen LogP) is 4.12. The molecule has 1 aliphatic heterocycles. The summed E-state index contributed by atoms with van der Waals surface area (Å²) in [6, 6.07) is 13.8. The number of fused-ring (bicyclic) bond motifs is 1. The Labute approximate surface area is 128 Å². The van der Waals surface area contributed by atoms with E-state index < -0.39 is 0 Å². The molecule has 2 aromatic carbocycles. The summed E-state index contributed by atoms with van der Waals surface area (Å²) >= 11 is 1.71. The molecule has 0 bridgehead atoms. The number of hydrogen-bond acceptors (Lipinski definition) is 4. The van der Waals surface area contributed by atoms with E-state index in [2.05, 4.69) is 12.1 Å². The van der Waals surface area contributed by atoms with Gasteiger partial charge in [-0.25, -0.2) is 0 Å². The normalized spacial score (nSPS) is 17.2. The van der Waals surface area contributed by atoms with Crippen LogP contribution in [0.5, 0.6) is 11.5 Å². The van der Waals surface area contributed by atoms with E-state index in [9.17, 15) is 4.79 Å². The molecule has 0 aromatic heterocycles. The third-order valence-corrected chi connectivity index (χ3v) is 4.91. The molecule has 0 saturated carbocycles. The van der Waals surface area contributed by atoms with Crippen molar-refractivity contribution in [2.75, 3.05) is 14.2 Å². The predicted molar refractivity (Wildman–Crippen MR) is 83.5 cm³/mol. The van der Waals surface area contributed by atoms with Crippen molar-refractivity contribution in [1.29, 1.82) is 0 Å². The van der Waals surface area contributed by atoms with Crippen LogP contribution in [-0.4, -0.2) is 20.0 Å². The number of carbonyl (C=O) groups excluding carboxylic acids is 1. The minimum atomic E-state index is 0.151. The Kier molecular flexibility index (Phi) is 3.88. The fourth-order valence-electron chi connectivity index (χ4n) is 2.50. The summed E-state index contributed by atoms with van der Waals surface area (Å²) < 4.78 is 10.6. The number of thioether (sulfide) groups is 1. The molecule has 0 radical (unpaired) electrons. The molecule has 0 spiro atoms. The maximum absolute atomic E-state index is 12.4. The first kappa shape index (κ1) is 14.0. The number of hydrogen-bond donors (Lipinski definition) is 0. The van der Waals surface area contributed by atoms with Gasteiger partial charge in [-0.3, -0.25) is 4.79 Å². The highest BCUT2D eigenvalue weighted by Gasteiger charge is 2.28. The minimum Gasteiger partial charge on any atom is -0.493 e. The van der Waals surface area contributed by atoms with Crippen LogP contribution >= 0.6 is 11.8 Å². The quantitative estimate of drug-likeness (QED) is 0.854. The molecule has 0 amide bonds. The van der Waals surface area contributed by atoms with E-state index >= 15 is 0 Å². The van der Waals surface area contributed by atoms with E-state index in [1.807, 2.05) is 24.3 Å². The summed E-state index contributed by atoms with van der Waals surface area (Å²) in [6.45, 7) is 0. The van der Waals surface area contributed by atoms with Crippen molar-refractivity contribution in [2.24, 2.45) is 0 Å². The van der Waals surface area contributed by atoms with E-state index in [1.54, 1.807) is 32.0 Å². The van der Waals surface area contributed by atoms with Crippen molar-refractivity contribution in [3.63, 3.8) is 0 Å². The smallest absolute Gasteiger partial charge is 0.165 e. The van der Waals surface area contributed by atoms with Crippen LogP contribution in [0.15, 0.2) is 47.4 Å². The first-order valence-electron chi connectivity index (χ1n) is 6.73. The van der Waals surface area contributed by atoms with E-state index in [-0.39, 0.29) is 11.0 Å². The van der Waals surface area contributed by atoms with Crippen molar-refractivity contribution in [2.45, 2.75) is 16.6 Å². The van der Waals surface area contributed by atoms with Gasteiger partial charge in [-0.05, 0) is 17.7 Å². The maximum atomic E-state index is 12.4.